The van der Waals surface area contributed by atoms with Crippen molar-refractivity contribution in [3.05, 3.63) is 78.5 Å². The van der Waals surface area contributed by atoms with Crippen LogP contribution in [0.4, 0.5) is 5.82 Å². The number of pyridine rings is 2. The standard InChI is InChI=1S/C21H21N3O2/c25-17-24(26-16-7-5-11-18-9-2-1-3-10-18)21-14-8-13-20(23-21)19-12-4-6-15-22-19/h1-4,6,8-10,12-15,17H,5,7,11,16H2/p+1. The van der Waals surface area contributed by atoms with Crippen LogP contribution in [0, 0.1) is 0 Å². The molecule has 0 aliphatic carbocycles. The highest BCUT2D eigenvalue weighted by molar-refractivity contribution is 5.71. The second-order valence-corrected chi connectivity index (χ2v) is 5.86. The molecule has 2 heterocycles. The Balaban J connectivity index is 1.53. The summed E-state index contributed by atoms with van der Waals surface area (Å²) in [6.45, 7) is 0.467. The molecule has 1 N–H and O–H groups in total. The number of nitrogens with one attached hydrogen (secondary N) is 1. The largest absolute Gasteiger partial charge is 0.276 e. The number of carbonyl (C=O) groups is 1. The lowest BCUT2D eigenvalue weighted by Gasteiger charge is -2.16. The second-order valence-electron chi connectivity index (χ2n) is 5.86. The van der Waals surface area contributed by atoms with E-state index >= 15 is 0 Å². The number of unbranched alkanes of at least 4 members (excludes halogenated alkanes) is 1. The minimum absolute atomic E-state index is 0.467. The van der Waals surface area contributed by atoms with E-state index in [4.69, 9.17) is 4.84 Å². The van der Waals surface area contributed by atoms with E-state index in [-0.39, 0.29) is 0 Å². The van der Waals surface area contributed by atoms with Crippen LogP contribution in [-0.2, 0) is 16.1 Å². The van der Waals surface area contributed by atoms with E-state index in [0.717, 1.165) is 30.7 Å². The molecule has 3 rings (SSSR count). The SMILES string of the molecule is O=CN(OCCCCc1ccccc1)c1cccc(-c2cccc[nH+]2)n1. The summed E-state index contributed by atoms with van der Waals surface area (Å²) in [5, 5.41) is 1.19. The fourth-order valence-electron chi connectivity index (χ4n) is 2.64. The normalized spacial score (nSPS) is 10.5. The van der Waals surface area contributed by atoms with Crippen LogP contribution in [0.5, 0.6) is 0 Å². The zero-order chi connectivity index (χ0) is 18.0. The van der Waals surface area contributed by atoms with Crippen LogP contribution >= 0.6 is 0 Å². The zero-order valence-corrected chi connectivity index (χ0v) is 14.5. The van der Waals surface area contributed by atoms with Gasteiger partial charge in [0.05, 0.1) is 6.61 Å². The van der Waals surface area contributed by atoms with Gasteiger partial charge in [-0.2, -0.15) is 5.06 Å². The fourth-order valence-corrected chi connectivity index (χ4v) is 2.64. The Morgan fingerprint density at radius 1 is 0.962 bits per heavy atom. The molecule has 26 heavy (non-hydrogen) atoms. The highest BCUT2D eigenvalue weighted by atomic mass is 16.7. The molecule has 0 saturated heterocycles. The van der Waals surface area contributed by atoms with Crippen LogP contribution < -0.4 is 10.0 Å². The first-order chi connectivity index (χ1) is 12.9. The van der Waals surface area contributed by atoms with Gasteiger partial charge in [0.15, 0.2) is 12.0 Å². The average Bonchev–Trinajstić information content (AvgIpc) is 2.72. The minimum Gasteiger partial charge on any atom is -0.276 e. The molecule has 5 nitrogen and oxygen atoms in total. The number of hydroxylamine groups is 1. The van der Waals surface area contributed by atoms with Crippen LogP contribution in [0.15, 0.2) is 72.9 Å². The summed E-state index contributed by atoms with van der Waals surface area (Å²) in [6.07, 6.45) is 5.36. The Morgan fingerprint density at radius 2 is 1.81 bits per heavy atom. The molecule has 0 saturated carbocycles. The van der Waals surface area contributed by atoms with Gasteiger partial charge in [-0.15, -0.1) is 0 Å². The Morgan fingerprint density at radius 3 is 2.58 bits per heavy atom. The van der Waals surface area contributed by atoms with Crippen LogP contribution in [-0.4, -0.2) is 18.0 Å². The average molecular weight is 348 g/mol. The molecule has 5 heteroatoms. The van der Waals surface area contributed by atoms with Gasteiger partial charge in [0.2, 0.25) is 12.1 Å². The first-order valence-corrected chi connectivity index (χ1v) is 8.72. The van der Waals surface area contributed by atoms with Crippen LogP contribution in [0.25, 0.3) is 11.4 Å². The van der Waals surface area contributed by atoms with Gasteiger partial charge in [0.25, 0.3) is 0 Å². The molecule has 0 radical (unpaired) electrons. The number of benzene rings is 1. The molecule has 3 aromatic rings. The van der Waals surface area contributed by atoms with Gasteiger partial charge >= 0.3 is 0 Å². The highest BCUT2D eigenvalue weighted by Crippen LogP contribution is 2.17. The van der Waals surface area contributed by atoms with Crippen molar-refractivity contribution in [3.63, 3.8) is 0 Å². The molecular formula is C21H22N3O2+. The molecule has 1 amide bonds. The van der Waals surface area contributed by atoms with E-state index in [1.54, 1.807) is 6.07 Å². The number of aromatic amines is 1. The molecule has 0 aliphatic heterocycles. The molecule has 2 aromatic heterocycles. The van der Waals surface area contributed by atoms with Crippen molar-refractivity contribution in [2.75, 3.05) is 11.7 Å². The second kappa shape index (κ2) is 9.44. The summed E-state index contributed by atoms with van der Waals surface area (Å²) in [5.74, 6) is 0.470. The number of carbonyl (C=O) groups excluding carboxylic acids is 1. The van der Waals surface area contributed by atoms with Gasteiger partial charge in [-0.05, 0) is 43.0 Å². The summed E-state index contributed by atoms with van der Waals surface area (Å²) in [6, 6.07) is 21.6. The topological polar surface area (TPSA) is 56.6 Å². The van der Waals surface area contributed by atoms with Crippen molar-refractivity contribution in [2.45, 2.75) is 19.3 Å². The van der Waals surface area contributed by atoms with Crippen LogP contribution in [0.3, 0.4) is 0 Å². The molecule has 1 aromatic carbocycles. The maximum atomic E-state index is 11.4. The van der Waals surface area contributed by atoms with Gasteiger partial charge in [-0.1, -0.05) is 36.4 Å². The number of H-pyrrole nitrogens is 1. The van der Waals surface area contributed by atoms with Crippen molar-refractivity contribution in [2.24, 2.45) is 0 Å². The summed E-state index contributed by atoms with van der Waals surface area (Å²) < 4.78 is 0. The number of hydrogen-bond acceptors (Lipinski definition) is 3. The van der Waals surface area contributed by atoms with Crippen molar-refractivity contribution >= 4 is 12.2 Å². The maximum absolute atomic E-state index is 11.4. The van der Waals surface area contributed by atoms with Gasteiger partial charge < -0.3 is 0 Å². The predicted octanol–water partition coefficient (Wildman–Crippen LogP) is 3.48. The molecule has 0 spiro atoms. The molecule has 0 bridgehead atoms. The first-order valence-electron chi connectivity index (χ1n) is 8.72. The quantitative estimate of drug-likeness (QED) is 0.338. The fraction of sp³-hybridized carbons (Fsp3) is 0.190. The molecule has 0 unspecified atom stereocenters. The number of hydrogen-bond donors (Lipinski definition) is 0. The number of anilines is 1. The molecule has 0 fully saturated rings. The Bertz CT molecular complexity index is 810. The number of aryl methyl sites for hydroxylation is 1. The third kappa shape index (κ3) is 4.97. The first kappa shape index (κ1) is 17.8. The lowest BCUT2D eigenvalue weighted by atomic mass is 10.1. The number of aromatic nitrogens is 2. The third-order valence-corrected chi connectivity index (χ3v) is 3.97. The Kier molecular flexibility index (Phi) is 6.45. The molecule has 0 atom stereocenters. The maximum Gasteiger partial charge on any atom is 0.239 e. The van der Waals surface area contributed by atoms with Crippen LogP contribution in [0.1, 0.15) is 18.4 Å². The smallest absolute Gasteiger partial charge is 0.239 e. The van der Waals surface area contributed by atoms with Crippen molar-refractivity contribution in [3.8, 4) is 11.4 Å². The molecule has 0 aliphatic rings. The molecule has 132 valence electrons. The highest BCUT2D eigenvalue weighted by Gasteiger charge is 2.11. The van der Waals surface area contributed by atoms with Gasteiger partial charge in [0.1, 0.15) is 5.69 Å². The van der Waals surface area contributed by atoms with E-state index in [9.17, 15) is 4.79 Å². The summed E-state index contributed by atoms with van der Waals surface area (Å²) >= 11 is 0. The Labute approximate surface area is 153 Å². The lowest BCUT2D eigenvalue weighted by molar-refractivity contribution is -0.364. The number of nitrogens with zero attached hydrogens (tertiary/aromatic N) is 2. The van der Waals surface area contributed by atoms with E-state index in [2.05, 4.69) is 22.1 Å². The summed E-state index contributed by atoms with van der Waals surface area (Å²) in [5.41, 5.74) is 2.94. The van der Waals surface area contributed by atoms with E-state index in [1.807, 2.05) is 54.7 Å². The summed E-state index contributed by atoms with van der Waals surface area (Å²) in [7, 11) is 0. The third-order valence-electron chi connectivity index (χ3n) is 3.97. The van der Waals surface area contributed by atoms with Gasteiger partial charge in [-0.3, -0.25) is 9.63 Å². The number of amides is 1. The lowest BCUT2D eigenvalue weighted by Crippen LogP contribution is -2.23. The van der Waals surface area contributed by atoms with Crippen molar-refractivity contribution in [1.29, 1.82) is 0 Å². The minimum atomic E-state index is 0.467. The van der Waals surface area contributed by atoms with Crippen LogP contribution in [0.2, 0.25) is 0 Å². The van der Waals surface area contributed by atoms with E-state index in [0.29, 0.717) is 18.8 Å². The predicted molar refractivity (Wildman–Crippen MR) is 100 cm³/mol. The Hall–Kier alpha value is -3.05. The monoisotopic (exact) mass is 348 g/mol. The van der Waals surface area contributed by atoms with E-state index < -0.39 is 0 Å². The summed E-state index contributed by atoms with van der Waals surface area (Å²) in [4.78, 5) is 24.6. The number of rotatable bonds is 9. The van der Waals surface area contributed by atoms with Crippen molar-refractivity contribution in [1.82, 2.24) is 4.98 Å². The zero-order valence-electron chi connectivity index (χ0n) is 14.5. The molecular weight excluding hydrogens is 326 g/mol. The van der Waals surface area contributed by atoms with Crippen molar-refractivity contribution < 1.29 is 14.6 Å². The van der Waals surface area contributed by atoms with Gasteiger partial charge in [0, 0.05) is 12.1 Å². The van der Waals surface area contributed by atoms with E-state index in [1.165, 1.54) is 10.6 Å². The van der Waals surface area contributed by atoms with Gasteiger partial charge in [-0.25, -0.2) is 9.97 Å².